The number of rotatable bonds is 3. The van der Waals surface area contributed by atoms with Gasteiger partial charge in [0.05, 0.1) is 8.95 Å². The van der Waals surface area contributed by atoms with Crippen LogP contribution in [-0.2, 0) is 6.61 Å². The summed E-state index contributed by atoms with van der Waals surface area (Å²) in [6.45, 7) is 0.448. The van der Waals surface area contributed by atoms with Crippen LogP contribution in [0.3, 0.4) is 0 Å². The van der Waals surface area contributed by atoms with Gasteiger partial charge in [-0.25, -0.2) is 4.39 Å². The van der Waals surface area contributed by atoms with E-state index in [4.69, 9.17) is 4.74 Å². The molecule has 0 aliphatic heterocycles. The smallest absolute Gasteiger partial charge is 0.148 e. The summed E-state index contributed by atoms with van der Waals surface area (Å²) >= 11 is 6.55. The molecule has 0 amide bonds. The molecule has 0 saturated heterocycles. The van der Waals surface area contributed by atoms with Crippen LogP contribution in [0.2, 0.25) is 0 Å². The molecule has 0 aliphatic carbocycles. The lowest BCUT2D eigenvalue weighted by molar-refractivity contribution is 0.301. The van der Waals surface area contributed by atoms with E-state index >= 15 is 0 Å². The van der Waals surface area contributed by atoms with Crippen LogP contribution in [0.4, 0.5) is 4.39 Å². The number of hydrogen-bond acceptors (Lipinski definition) is 1. The first kappa shape index (κ1) is 12.6. The predicted molar refractivity (Wildman–Crippen MR) is 72.6 cm³/mol. The van der Waals surface area contributed by atoms with Crippen molar-refractivity contribution >= 4 is 31.9 Å². The Hall–Kier alpha value is -0.870. The monoisotopic (exact) mass is 358 g/mol. The maximum atomic E-state index is 13.1. The van der Waals surface area contributed by atoms with Crippen molar-refractivity contribution < 1.29 is 9.13 Å². The summed E-state index contributed by atoms with van der Waals surface area (Å²) in [7, 11) is 0. The van der Waals surface area contributed by atoms with Crippen LogP contribution in [0.15, 0.2) is 51.4 Å². The summed E-state index contributed by atoms with van der Waals surface area (Å²) in [6, 6.07) is 12.6. The third-order valence-electron chi connectivity index (χ3n) is 2.19. The molecule has 0 spiro atoms. The van der Waals surface area contributed by atoms with Gasteiger partial charge in [0.25, 0.3) is 0 Å². The van der Waals surface area contributed by atoms with E-state index in [2.05, 4.69) is 31.9 Å². The minimum absolute atomic E-state index is 0.309. The van der Waals surface area contributed by atoms with Gasteiger partial charge in [0.15, 0.2) is 0 Å². The first-order chi connectivity index (χ1) is 8.16. The fourth-order valence-electron chi connectivity index (χ4n) is 1.40. The topological polar surface area (TPSA) is 9.23 Å². The van der Waals surface area contributed by atoms with Gasteiger partial charge in [0.2, 0.25) is 0 Å². The van der Waals surface area contributed by atoms with Crippen LogP contribution in [0, 0.1) is 5.82 Å². The largest absolute Gasteiger partial charge is 0.487 e. The molecule has 2 aromatic carbocycles. The van der Waals surface area contributed by atoms with Gasteiger partial charge in [-0.3, -0.25) is 0 Å². The Morgan fingerprint density at radius 1 is 1.00 bits per heavy atom. The van der Waals surface area contributed by atoms with Gasteiger partial charge >= 0.3 is 0 Å². The van der Waals surface area contributed by atoms with Crippen molar-refractivity contribution in [2.45, 2.75) is 6.61 Å². The van der Waals surface area contributed by atoms with E-state index in [0.717, 1.165) is 5.56 Å². The summed E-state index contributed by atoms with van der Waals surface area (Å²) in [5, 5.41) is 0. The molecule has 1 nitrogen and oxygen atoms in total. The summed E-state index contributed by atoms with van der Waals surface area (Å²) < 4.78 is 19.9. The summed E-state index contributed by atoms with van der Waals surface area (Å²) in [5.41, 5.74) is 1.07. The molecule has 0 unspecified atom stereocenters. The van der Waals surface area contributed by atoms with Gasteiger partial charge in [-0.05, 0) is 49.6 Å². The molecule has 0 N–H and O–H groups in total. The molecule has 0 bridgehead atoms. The van der Waals surface area contributed by atoms with Crippen LogP contribution in [0.5, 0.6) is 5.75 Å². The molecule has 17 heavy (non-hydrogen) atoms. The average Bonchev–Trinajstić information content (AvgIpc) is 2.29. The lowest BCUT2D eigenvalue weighted by Crippen LogP contribution is -1.97. The second-order valence-corrected chi connectivity index (χ2v) is 5.18. The van der Waals surface area contributed by atoms with Gasteiger partial charge in [0.1, 0.15) is 18.2 Å². The van der Waals surface area contributed by atoms with Crippen LogP contribution in [0.1, 0.15) is 5.56 Å². The molecule has 0 saturated carbocycles. The molecular weight excluding hydrogens is 351 g/mol. The normalized spacial score (nSPS) is 10.3. The fourth-order valence-corrected chi connectivity index (χ4v) is 2.76. The zero-order chi connectivity index (χ0) is 12.3. The van der Waals surface area contributed by atoms with Crippen molar-refractivity contribution in [3.05, 3.63) is 62.8 Å². The van der Waals surface area contributed by atoms with Crippen LogP contribution < -0.4 is 4.74 Å². The van der Waals surface area contributed by atoms with E-state index in [1.165, 1.54) is 12.1 Å². The van der Waals surface area contributed by atoms with Crippen molar-refractivity contribution in [1.29, 1.82) is 0 Å². The molecule has 0 radical (unpaired) electrons. The zero-order valence-electron chi connectivity index (χ0n) is 8.79. The highest BCUT2D eigenvalue weighted by molar-refractivity contribution is 9.11. The second-order valence-electron chi connectivity index (χ2n) is 3.47. The fraction of sp³-hybridized carbons (Fsp3) is 0.0769. The minimum atomic E-state index is -0.309. The average molecular weight is 360 g/mol. The number of ether oxygens (including phenoxy) is 1. The predicted octanol–water partition coefficient (Wildman–Crippen LogP) is 4.93. The lowest BCUT2D eigenvalue weighted by atomic mass is 10.2. The van der Waals surface area contributed by atoms with E-state index in [9.17, 15) is 4.39 Å². The Morgan fingerprint density at radius 2 is 1.59 bits per heavy atom. The molecule has 0 fully saturated rings. The molecule has 2 rings (SSSR count). The van der Waals surface area contributed by atoms with Crippen LogP contribution in [-0.4, -0.2) is 0 Å². The van der Waals surface area contributed by atoms with Gasteiger partial charge in [-0.2, -0.15) is 0 Å². The van der Waals surface area contributed by atoms with Gasteiger partial charge in [-0.1, -0.05) is 30.3 Å². The summed E-state index contributed by atoms with van der Waals surface area (Å²) in [5.74, 6) is 0.297. The van der Waals surface area contributed by atoms with E-state index in [0.29, 0.717) is 21.3 Å². The third kappa shape index (κ3) is 3.30. The van der Waals surface area contributed by atoms with E-state index in [1.54, 1.807) is 0 Å². The Labute approximate surface area is 116 Å². The number of halogens is 3. The summed E-state index contributed by atoms with van der Waals surface area (Å²) in [4.78, 5) is 0. The summed E-state index contributed by atoms with van der Waals surface area (Å²) in [6.07, 6.45) is 0. The highest BCUT2D eigenvalue weighted by atomic mass is 79.9. The molecule has 0 atom stereocenters. The molecule has 88 valence electrons. The van der Waals surface area contributed by atoms with Crippen LogP contribution in [0.25, 0.3) is 0 Å². The molecule has 4 heteroatoms. The Balaban J connectivity index is 2.15. The van der Waals surface area contributed by atoms with Crippen molar-refractivity contribution in [1.82, 2.24) is 0 Å². The highest BCUT2D eigenvalue weighted by Gasteiger charge is 2.09. The Morgan fingerprint density at radius 3 is 2.18 bits per heavy atom. The standard InChI is InChI=1S/C13H9Br2FO/c14-11-6-10(16)7-12(15)13(11)17-8-9-4-2-1-3-5-9/h1-7H,8H2. The molecular formula is C13H9Br2FO. The lowest BCUT2D eigenvalue weighted by Gasteiger charge is -2.10. The maximum absolute atomic E-state index is 13.1. The Kier molecular flexibility index (Phi) is 4.18. The zero-order valence-corrected chi connectivity index (χ0v) is 12.0. The van der Waals surface area contributed by atoms with Crippen molar-refractivity contribution in [3.8, 4) is 5.75 Å². The van der Waals surface area contributed by atoms with Crippen molar-refractivity contribution in [3.63, 3.8) is 0 Å². The van der Waals surface area contributed by atoms with E-state index in [1.807, 2.05) is 30.3 Å². The second kappa shape index (κ2) is 5.65. The first-order valence-electron chi connectivity index (χ1n) is 4.98. The van der Waals surface area contributed by atoms with Gasteiger partial charge in [-0.15, -0.1) is 0 Å². The minimum Gasteiger partial charge on any atom is -0.487 e. The molecule has 0 heterocycles. The maximum Gasteiger partial charge on any atom is 0.148 e. The molecule has 0 aliphatic rings. The third-order valence-corrected chi connectivity index (χ3v) is 3.37. The van der Waals surface area contributed by atoms with Gasteiger partial charge in [0, 0.05) is 0 Å². The highest BCUT2D eigenvalue weighted by Crippen LogP contribution is 2.34. The van der Waals surface area contributed by atoms with E-state index in [-0.39, 0.29) is 5.82 Å². The molecule has 2 aromatic rings. The van der Waals surface area contributed by atoms with Crippen LogP contribution >= 0.6 is 31.9 Å². The quantitative estimate of drug-likeness (QED) is 0.754. The van der Waals surface area contributed by atoms with Crippen molar-refractivity contribution in [2.24, 2.45) is 0 Å². The number of benzene rings is 2. The molecule has 0 aromatic heterocycles. The SMILES string of the molecule is Fc1cc(Br)c(OCc2ccccc2)c(Br)c1. The van der Waals surface area contributed by atoms with Crippen molar-refractivity contribution in [2.75, 3.05) is 0 Å². The number of hydrogen-bond donors (Lipinski definition) is 0. The first-order valence-corrected chi connectivity index (χ1v) is 6.56. The Bertz CT molecular complexity index is 491. The van der Waals surface area contributed by atoms with E-state index < -0.39 is 0 Å². The van der Waals surface area contributed by atoms with Gasteiger partial charge < -0.3 is 4.74 Å².